The molecule has 2 atom stereocenters. The molecule has 1 aromatic heterocycles. The molecule has 1 aliphatic heterocycles. The van der Waals surface area contributed by atoms with E-state index in [1.807, 2.05) is 19.1 Å². The third-order valence-corrected chi connectivity index (χ3v) is 3.34. The Morgan fingerprint density at radius 3 is 3.06 bits per heavy atom. The predicted octanol–water partition coefficient (Wildman–Crippen LogP) is 1.20. The molecule has 0 amide bonds. The van der Waals surface area contributed by atoms with Crippen LogP contribution in [0.5, 0.6) is 0 Å². The van der Waals surface area contributed by atoms with Crippen molar-refractivity contribution < 1.29 is 9.53 Å². The highest BCUT2D eigenvalue weighted by molar-refractivity contribution is 5.74. The van der Waals surface area contributed by atoms with Crippen LogP contribution in [0.2, 0.25) is 0 Å². The number of ether oxygens (including phenoxy) is 1. The van der Waals surface area contributed by atoms with Gasteiger partial charge in [0, 0.05) is 25.0 Å². The van der Waals surface area contributed by atoms with E-state index in [0.29, 0.717) is 12.2 Å². The van der Waals surface area contributed by atoms with E-state index < -0.39 is 0 Å². The van der Waals surface area contributed by atoms with Crippen molar-refractivity contribution in [2.24, 2.45) is 11.8 Å². The SMILES string of the molecule is COC(=O)C1CN(c2ccnc(C#N)c2)CC1C. The molecule has 0 N–H and O–H groups in total. The van der Waals surface area contributed by atoms with Crippen molar-refractivity contribution in [1.29, 1.82) is 5.26 Å². The number of esters is 1. The van der Waals surface area contributed by atoms with Gasteiger partial charge in [0.1, 0.15) is 11.8 Å². The van der Waals surface area contributed by atoms with E-state index in [9.17, 15) is 4.79 Å². The lowest BCUT2D eigenvalue weighted by atomic mass is 9.99. The van der Waals surface area contributed by atoms with Gasteiger partial charge in [0.2, 0.25) is 0 Å². The second-order valence-electron chi connectivity index (χ2n) is 4.52. The molecule has 94 valence electrons. The predicted molar refractivity (Wildman–Crippen MR) is 65.8 cm³/mol. The Bertz CT molecular complexity index is 495. The summed E-state index contributed by atoms with van der Waals surface area (Å²) in [6.07, 6.45) is 1.62. The summed E-state index contributed by atoms with van der Waals surface area (Å²) in [7, 11) is 1.41. The Kier molecular flexibility index (Phi) is 3.47. The molecule has 0 aromatic carbocycles. The molecule has 18 heavy (non-hydrogen) atoms. The quantitative estimate of drug-likeness (QED) is 0.732. The molecule has 2 unspecified atom stereocenters. The number of rotatable bonds is 2. The zero-order valence-electron chi connectivity index (χ0n) is 10.5. The fraction of sp³-hybridized carbons (Fsp3) is 0.462. The van der Waals surface area contributed by atoms with Gasteiger partial charge >= 0.3 is 5.97 Å². The van der Waals surface area contributed by atoms with Gasteiger partial charge in [-0.15, -0.1) is 0 Å². The second-order valence-corrected chi connectivity index (χ2v) is 4.52. The molecule has 2 heterocycles. The maximum absolute atomic E-state index is 11.6. The number of anilines is 1. The number of hydrogen-bond acceptors (Lipinski definition) is 5. The molecular formula is C13H15N3O2. The summed E-state index contributed by atoms with van der Waals surface area (Å²) in [5.41, 5.74) is 1.32. The smallest absolute Gasteiger partial charge is 0.310 e. The monoisotopic (exact) mass is 245 g/mol. The Hall–Kier alpha value is -2.09. The van der Waals surface area contributed by atoms with Crippen LogP contribution in [-0.4, -0.2) is 31.2 Å². The molecule has 5 heteroatoms. The number of pyridine rings is 1. The Labute approximate surface area is 106 Å². The maximum Gasteiger partial charge on any atom is 0.310 e. The van der Waals surface area contributed by atoms with E-state index in [1.54, 1.807) is 12.3 Å². The lowest BCUT2D eigenvalue weighted by Gasteiger charge is -2.18. The number of methoxy groups -OCH3 is 1. The minimum absolute atomic E-state index is 0.103. The summed E-state index contributed by atoms with van der Waals surface area (Å²) in [5, 5.41) is 8.83. The van der Waals surface area contributed by atoms with Gasteiger partial charge in [-0.1, -0.05) is 6.92 Å². The highest BCUT2D eigenvalue weighted by Gasteiger charge is 2.35. The highest BCUT2D eigenvalue weighted by atomic mass is 16.5. The summed E-state index contributed by atoms with van der Waals surface area (Å²) >= 11 is 0. The molecule has 1 aliphatic rings. The minimum atomic E-state index is -0.167. The first kappa shape index (κ1) is 12.4. The Balaban J connectivity index is 2.17. The van der Waals surface area contributed by atoms with E-state index in [-0.39, 0.29) is 17.8 Å². The minimum Gasteiger partial charge on any atom is -0.469 e. The topological polar surface area (TPSA) is 66.2 Å². The molecule has 0 spiro atoms. The van der Waals surface area contributed by atoms with Crippen LogP contribution >= 0.6 is 0 Å². The van der Waals surface area contributed by atoms with Crippen molar-refractivity contribution in [3.05, 3.63) is 24.0 Å². The first-order chi connectivity index (χ1) is 8.65. The summed E-state index contributed by atoms with van der Waals surface area (Å²) < 4.78 is 4.80. The largest absolute Gasteiger partial charge is 0.469 e. The molecule has 1 aromatic rings. The number of aromatic nitrogens is 1. The van der Waals surface area contributed by atoms with E-state index in [0.717, 1.165) is 12.2 Å². The van der Waals surface area contributed by atoms with Crippen LogP contribution in [0.15, 0.2) is 18.3 Å². The zero-order valence-corrected chi connectivity index (χ0v) is 10.5. The van der Waals surface area contributed by atoms with Crippen LogP contribution in [-0.2, 0) is 9.53 Å². The van der Waals surface area contributed by atoms with Gasteiger partial charge in [0.05, 0.1) is 13.0 Å². The molecule has 2 rings (SSSR count). The standard InChI is InChI=1S/C13H15N3O2/c1-9-7-16(8-12(9)13(17)18-2)11-3-4-15-10(5-11)6-14/h3-5,9,12H,7-8H2,1-2H3. The van der Waals surface area contributed by atoms with Crippen LogP contribution in [0.4, 0.5) is 5.69 Å². The van der Waals surface area contributed by atoms with Crippen molar-refractivity contribution in [1.82, 2.24) is 4.98 Å². The molecule has 0 radical (unpaired) electrons. The number of carbonyl (C=O) groups is 1. The third kappa shape index (κ3) is 2.28. The Morgan fingerprint density at radius 2 is 2.39 bits per heavy atom. The van der Waals surface area contributed by atoms with Gasteiger partial charge in [0.15, 0.2) is 0 Å². The summed E-state index contributed by atoms with van der Waals surface area (Å²) in [6, 6.07) is 5.61. The molecular weight excluding hydrogens is 230 g/mol. The normalized spacial score (nSPS) is 22.6. The summed E-state index contributed by atoms with van der Waals surface area (Å²) in [6.45, 7) is 3.45. The molecule has 1 fully saturated rings. The lowest BCUT2D eigenvalue weighted by Crippen LogP contribution is -2.24. The first-order valence-electron chi connectivity index (χ1n) is 5.84. The van der Waals surface area contributed by atoms with E-state index >= 15 is 0 Å². The van der Waals surface area contributed by atoms with E-state index in [4.69, 9.17) is 10.00 Å². The second kappa shape index (κ2) is 5.05. The van der Waals surface area contributed by atoms with Crippen molar-refractivity contribution >= 4 is 11.7 Å². The van der Waals surface area contributed by atoms with Gasteiger partial charge in [-0.25, -0.2) is 4.98 Å². The van der Waals surface area contributed by atoms with Crippen LogP contribution in [0.1, 0.15) is 12.6 Å². The van der Waals surface area contributed by atoms with E-state index in [1.165, 1.54) is 7.11 Å². The van der Waals surface area contributed by atoms with Crippen molar-refractivity contribution in [2.75, 3.05) is 25.1 Å². The average Bonchev–Trinajstić information content (AvgIpc) is 2.80. The highest BCUT2D eigenvalue weighted by Crippen LogP contribution is 2.28. The number of hydrogen-bond donors (Lipinski definition) is 0. The lowest BCUT2D eigenvalue weighted by molar-refractivity contribution is -0.145. The van der Waals surface area contributed by atoms with Crippen molar-refractivity contribution in [2.45, 2.75) is 6.92 Å². The van der Waals surface area contributed by atoms with Gasteiger partial charge in [-0.2, -0.15) is 5.26 Å². The van der Waals surface area contributed by atoms with Gasteiger partial charge in [0.25, 0.3) is 0 Å². The molecule has 0 saturated carbocycles. The van der Waals surface area contributed by atoms with Gasteiger partial charge in [-0.3, -0.25) is 4.79 Å². The van der Waals surface area contributed by atoms with Gasteiger partial charge < -0.3 is 9.64 Å². The van der Waals surface area contributed by atoms with Crippen LogP contribution < -0.4 is 4.90 Å². The first-order valence-corrected chi connectivity index (χ1v) is 5.84. The Morgan fingerprint density at radius 1 is 1.61 bits per heavy atom. The fourth-order valence-electron chi connectivity index (χ4n) is 2.31. The van der Waals surface area contributed by atoms with Gasteiger partial charge in [-0.05, 0) is 18.1 Å². The maximum atomic E-state index is 11.6. The zero-order chi connectivity index (χ0) is 13.1. The molecule has 1 saturated heterocycles. The fourth-order valence-corrected chi connectivity index (χ4v) is 2.31. The third-order valence-electron chi connectivity index (χ3n) is 3.34. The van der Waals surface area contributed by atoms with Crippen LogP contribution in [0.25, 0.3) is 0 Å². The number of nitriles is 1. The number of nitrogens with zero attached hydrogens (tertiary/aromatic N) is 3. The molecule has 0 bridgehead atoms. The molecule has 0 aliphatic carbocycles. The summed E-state index contributed by atoms with van der Waals surface area (Å²) in [4.78, 5) is 17.6. The molecule has 5 nitrogen and oxygen atoms in total. The van der Waals surface area contributed by atoms with E-state index in [2.05, 4.69) is 9.88 Å². The van der Waals surface area contributed by atoms with Crippen LogP contribution in [0, 0.1) is 23.2 Å². The van der Waals surface area contributed by atoms with Crippen LogP contribution in [0.3, 0.4) is 0 Å². The average molecular weight is 245 g/mol. The van der Waals surface area contributed by atoms with Crippen molar-refractivity contribution in [3.8, 4) is 6.07 Å². The summed E-state index contributed by atoms with van der Waals surface area (Å²) in [5.74, 6) is -0.0237. The number of carbonyl (C=O) groups excluding carboxylic acids is 1. The van der Waals surface area contributed by atoms with Crippen molar-refractivity contribution in [3.63, 3.8) is 0 Å².